The van der Waals surface area contributed by atoms with Crippen molar-refractivity contribution in [2.24, 2.45) is 0 Å². The summed E-state index contributed by atoms with van der Waals surface area (Å²) in [6.07, 6.45) is -4.05. The van der Waals surface area contributed by atoms with Gasteiger partial charge in [-0.2, -0.15) is 0 Å². The van der Waals surface area contributed by atoms with Crippen molar-refractivity contribution in [3.05, 3.63) is 0 Å². The van der Waals surface area contributed by atoms with Crippen molar-refractivity contribution < 1.29 is 23.5 Å². The predicted octanol–water partition coefficient (Wildman–Crippen LogP) is 0.152. The molecule has 1 rings (SSSR count). The Labute approximate surface area is 79.5 Å². The Morgan fingerprint density at radius 3 is 2.21 bits per heavy atom. The fourth-order valence-corrected chi connectivity index (χ4v) is 1.27. The second-order valence-electron chi connectivity index (χ2n) is 3.15. The molecule has 0 saturated carbocycles. The van der Waals surface area contributed by atoms with E-state index in [2.05, 4.69) is 0 Å². The maximum absolute atomic E-state index is 11.9. The number of nitrogens with zero attached hydrogens (tertiary/aromatic N) is 1. The molecule has 0 spiro atoms. The highest BCUT2D eigenvalue weighted by molar-refractivity contribution is 5.97. The molecule has 0 bridgehead atoms. The molecule has 14 heavy (non-hydrogen) atoms. The SMILES string of the molecule is O=C1CCCC(=O)N1CC(O)C(F)F. The zero-order valence-electron chi connectivity index (χ0n) is 7.45. The topological polar surface area (TPSA) is 57.6 Å². The van der Waals surface area contributed by atoms with Gasteiger partial charge in [-0.25, -0.2) is 8.78 Å². The molecule has 1 fully saturated rings. The van der Waals surface area contributed by atoms with E-state index >= 15 is 0 Å². The van der Waals surface area contributed by atoms with E-state index in [0.717, 1.165) is 0 Å². The number of aliphatic hydroxyl groups is 1. The zero-order valence-corrected chi connectivity index (χ0v) is 7.45. The van der Waals surface area contributed by atoms with Crippen LogP contribution in [-0.4, -0.2) is 40.9 Å². The van der Waals surface area contributed by atoms with Crippen molar-refractivity contribution >= 4 is 11.8 Å². The minimum Gasteiger partial charge on any atom is -0.385 e. The first-order valence-electron chi connectivity index (χ1n) is 4.32. The Balaban J connectivity index is 2.56. The molecule has 0 aromatic heterocycles. The molecule has 1 saturated heterocycles. The van der Waals surface area contributed by atoms with Crippen LogP contribution in [0.3, 0.4) is 0 Å². The van der Waals surface area contributed by atoms with E-state index in [4.69, 9.17) is 5.11 Å². The van der Waals surface area contributed by atoms with Crippen molar-refractivity contribution in [3.8, 4) is 0 Å². The van der Waals surface area contributed by atoms with E-state index in [1.165, 1.54) is 0 Å². The number of piperidine rings is 1. The van der Waals surface area contributed by atoms with Crippen molar-refractivity contribution in [2.75, 3.05) is 6.54 Å². The van der Waals surface area contributed by atoms with Crippen molar-refractivity contribution in [3.63, 3.8) is 0 Å². The molecule has 4 nitrogen and oxygen atoms in total. The summed E-state index contributed by atoms with van der Waals surface area (Å²) in [7, 11) is 0. The Morgan fingerprint density at radius 1 is 1.29 bits per heavy atom. The lowest BCUT2D eigenvalue weighted by atomic mass is 10.1. The summed E-state index contributed by atoms with van der Waals surface area (Å²) < 4.78 is 23.9. The average Bonchev–Trinajstić information content (AvgIpc) is 2.11. The molecule has 80 valence electrons. The lowest BCUT2D eigenvalue weighted by molar-refractivity contribution is -0.151. The third-order valence-corrected chi connectivity index (χ3v) is 2.04. The number of β-amino-alcohol motifs (C(OH)–C–C–N with tert-alkyl or cyclic N) is 1. The van der Waals surface area contributed by atoms with Crippen molar-refractivity contribution in [2.45, 2.75) is 31.8 Å². The van der Waals surface area contributed by atoms with Crippen LogP contribution in [0.4, 0.5) is 8.78 Å². The van der Waals surface area contributed by atoms with Crippen LogP contribution in [0, 0.1) is 0 Å². The van der Waals surface area contributed by atoms with Gasteiger partial charge in [0.2, 0.25) is 11.8 Å². The van der Waals surface area contributed by atoms with Gasteiger partial charge in [-0.1, -0.05) is 0 Å². The Kier molecular flexibility index (Phi) is 3.51. The fraction of sp³-hybridized carbons (Fsp3) is 0.750. The molecule has 1 aliphatic heterocycles. The maximum atomic E-state index is 11.9. The van der Waals surface area contributed by atoms with E-state index in [0.29, 0.717) is 11.3 Å². The molecule has 0 aromatic rings. The predicted molar refractivity (Wildman–Crippen MR) is 42.6 cm³/mol. The van der Waals surface area contributed by atoms with E-state index in [-0.39, 0.29) is 12.8 Å². The molecule has 1 heterocycles. The minimum atomic E-state index is -2.93. The number of carbonyl (C=O) groups is 2. The first-order valence-corrected chi connectivity index (χ1v) is 4.32. The summed E-state index contributed by atoms with van der Waals surface area (Å²) >= 11 is 0. The summed E-state index contributed by atoms with van der Waals surface area (Å²) in [5, 5.41) is 8.82. The van der Waals surface area contributed by atoms with E-state index in [1.54, 1.807) is 0 Å². The summed E-state index contributed by atoms with van der Waals surface area (Å²) in [5.74, 6) is -0.970. The van der Waals surface area contributed by atoms with Gasteiger partial charge in [-0.15, -0.1) is 0 Å². The van der Waals surface area contributed by atoms with Gasteiger partial charge >= 0.3 is 0 Å². The lowest BCUT2D eigenvalue weighted by Crippen LogP contribution is -2.46. The number of hydrogen-bond acceptors (Lipinski definition) is 3. The first kappa shape index (κ1) is 11.0. The van der Waals surface area contributed by atoms with E-state index in [1.807, 2.05) is 0 Å². The van der Waals surface area contributed by atoms with Crippen LogP contribution < -0.4 is 0 Å². The van der Waals surface area contributed by atoms with Crippen molar-refractivity contribution in [1.29, 1.82) is 0 Å². The highest BCUT2D eigenvalue weighted by Gasteiger charge is 2.30. The normalized spacial score (nSPS) is 20.4. The Morgan fingerprint density at radius 2 is 1.79 bits per heavy atom. The highest BCUT2D eigenvalue weighted by Crippen LogP contribution is 2.14. The van der Waals surface area contributed by atoms with Gasteiger partial charge in [0.05, 0.1) is 6.54 Å². The van der Waals surface area contributed by atoms with Crippen LogP contribution in [0.2, 0.25) is 0 Å². The minimum absolute atomic E-state index is 0.182. The number of likely N-dealkylation sites (tertiary alicyclic amines) is 1. The van der Waals surface area contributed by atoms with Crippen LogP contribution in [0.5, 0.6) is 0 Å². The maximum Gasteiger partial charge on any atom is 0.265 e. The molecule has 0 aromatic carbocycles. The van der Waals surface area contributed by atoms with E-state index in [9.17, 15) is 18.4 Å². The quantitative estimate of drug-likeness (QED) is 0.670. The molecule has 0 aliphatic carbocycles. The lowest BCUT2D eigenvalue weighted by Gasteiger charge is -2.26. The number of rotatable bonds is 3. The molecule has 1 unspecified atom stereocenters. The van der Waals surface area contributed by atoms with Gasteiger partial charge in [-0.3, -0.25) is 14.5 Å². The van der Waals surface area contributed by atoms with Crippen LogP contribution in [-0.2, 0) is 9.59 Å². The summed E-state index contributed by atoms with van der Waals surface area (Å²) in [6, 6.07) is 0. The molecule has 2 amide bonds. The zero-order chi connectivity index (χ0) is 10.7. The fourth-order valence-electron chi connectivity index (χ4n) is 1.27. The summed E-state index contributed by atoms with van der Waals surface area (Å²) in [5.41, 5.74) is 0. The number of aliphatic hydroxyl groups excluding tert-OH is 1. The van der Waals surface area contributed by atoms with Gasteiger partial charge in [-0.05, 0) is 6.42 Å². The van der Waals surface area contributed by atoms with Crippen LogP contribution >= 0.6 is 0 Å². The second-order valence-corrected chi connectivity index (χ2v) is 3.15. The second kappa shape index (κ2) is 4.45. The van der Waals surface area contributed by atoms with E-state index < -0.39 is 30.9 Å². The van der Waals surface area contributed by atoms with Crippen LogP contribution in [0.15, 0.2) is 0 Å². The standard InChI is InChI=1S/C8H11F2NO3/c9-8(10)5(12)4-11-6(13)2-1-3-7(11)14/h5,8,12H,1-4H2. The monoisotopic (exact) mass is 207 g/mol. The molecular weight excluding hydrogens is 196 g/mol. The van der Waals surface area contributed by atoms with Gasteiger partial charge in [0, 0.05) is 12.8 Å². The Hall–Kier alpha value is -1.04. The van der Waals surface area contributed by atoms with Gasteiger partial charge in [0.1, 0.15) is 6.10 Å². The van der Waals surface area contributed by atoms with Gasteiger partial charge in [0.15, 0.2) is 0 Å². The van der Waals surface area contributed by atoms with Gasteiger partial charge in [0.25, 0.3) is 6.43 Å². The third kappa shape index (κ3) is 2.47. The first-order chi connectivity index (χ1) is 6.52. The number of hydrogen-bond donors (Lipinski definition) is 1. The number of halogens is 2. The molecular formula is C8H11F2NO3. The number of carbonyl (C=O) groups excluding carboxylic acids is 2. The highest BCUT2D eigenvalue weighted by atomic mass is 19.3. The van der Waals surface area contributed by atoms with Crippen LogP contribution in [0.1, 0.15) is 19.3 Å². The van der Waals surface area contributed by atoms with Crippen molar-refractivity contribution in [1.82, 2.24) is 4.90 Å². The van der Waals surface area contributed by atoms with Gasteiger partial charge < -0.3 is 5.11 Å². The number of alkyl halides is 2. The number of amides is 2. The smallest absolute Gasteiger partial charge is 0.265 e. The number of imide groups is 1. The summed E-state index contributed by atoms with van der Waals surface area (Å²) in [4.78, 5) is 22.9. The molecule has 1 atom stereocenters. The van der Waals surface area contributed by atoms with Crippen LogP contribution in [0.25, 0.3) is 0 Å². The molecule has 0 radical (unpaired) electrons. The molecule has 1 N–H and O–H groups in total. The largest absolute Gasteiger partial charge is 0.385 e. The molecule has 1 aliphatic rings. The average molecular weight is 207 g/mol. The third-order valence-electron chi connectivity index (χ3n) is 2.04. The Bertz CT molecular complexity index is 229. The molecule has 6 heteroatoms. The summed E-state index contributed by atoms with van der Waals surface area (Å²) in [6.45, 7) is -0.602.